The number of hydrogen-bond acceptors (Lipinski definition) is 4. The fraction of sp³-hybridized carbons (Fsp3) is 0.429. The van der Waals surface area contributed by atoms with Crippen LogP contribution in [0.3, 0.4) is 0 Å². The fourth-order valence-corrected chi connectivity index (χ4v) is 1.65. The van der Waals surface area contributed by atoms with Gasteiger partial charge in [0, 0.05) is 20.2 Å². The molecule has 1 amide bonds. The van der Waals surface area contributed by atoms with Crippen molar-refractivity contribution in [2.45, 2.75) is 13.0 Å². The largest absolute Gasteiger partial charge is 0.469 e. The Balaban J connectivity index is 2.68. The molecule has 0 aliphatic rings. The molecule has 0 aliphatic carbocycles. The Morgan fingerprint density at radius 2 is 1.85 bits per heavy atom. The van der Waals surface area contributed by atoms with Gasteiger partial charge in [0.2, 0.25) is 5.91 Å². The van der Waals surface area contributed by atoms with Gasteiger partial charge in [-0.2, -0.15) is 0 Å². The molecular formula is C14H18FNO4. The second-order valence-corrected chi connectivity index (χ2v) is 4.20. The van der Waals surface area contributed by atoms with Gasteiger partial charge in [0.15, 0.2) is 0 Å². The summed E-state index contributed by atoms with van der Waals surface area (Å²) in [6.07, 6.45) is 0.104. The molecule has 0 radical (unpaired) electrons. The monoisotopic (exact) mass is 283 g/mol. The van der Waals surface area contributed by atoms with E-state index in [9.17, 15) is 14.0 Å². The van der Waals surface area contributed by atoms with E-state index in [1.54, 1.807) is 12.1 Å². The molecule has 1 rings (SSSR count). The molecular weight excluding hydrogens is 265 g/mol. The molecule has 0 saturated carbocycles. The van der Waals surface area contributed by atoms with E-state index in [2.05, 4.69) is 4.74 Å². The number of carbonyl (C=O) groups is 2. The number of amides is 1. The third kappa shape index (κ3) is 5.36. The molecule has 110 valence electrons. The van der Waals surface area contributed by atoms with Crippen molar-refractivity contribution in [2.75, 3.05) is 27.4 Å². The Labute approximate surface area is 117 Å². The highest BCUT2D eigenvalue weighted by Crippen LogP contribution is 2.08. The van der Waals surface area contributed by atoms with Crippen LogP contribution >= 0.6 is 0 Å². The Bertz CT molecular complexity index is 447. The summed E-state index contributed by atoms with van der Waals surface area (Å²) in [5.41, 5.74) is 0.778. The normalized spacial score (nSPS) is 10.2. The summed E-state index contributed by atoms with van der Waals surface area (Å²) in [5.74, 6) is -0.960. The molecule has 0 saturated heterocycles. The number of benzene rings is 1. The molecule has 0 fully saturated rings. The summed E-state index contributed by atoms with van der Waals surface area (Å²) in [6, 6.07) is 5.85. The quantitative estimate of drug-likeness (QED) is 0.709. The zero-order chi connectivity index (χ0) is 15.0. The van der Waals surface area contributed by atoms with Crippen LogP contribution in [0.5, 0.6) is 0 Å². The second-order valence-electron chi connectivity index (χ2n) is 4.20. The van der Waals surface area contributed by atoms with E-state index >= 15 is 0 Å². The standard InChI is InChI=1S/C14H18FNO4/c1-19-10-13(17)16(8-7-14(18)20-2)9-11-3-5-12(15)6-4-11/h3-6H,7-10H2,1-2H3. The van der Waals surface area contributed by atoms with E-state index in [4.69, 9.17) is 4.74 Å². The van der Waals surface area contributed by atoms with Crippen LogP contribution in [0.1, 0.15) is 12.0 Å². The van der Waals surface area contributed by atoms with Crippen LogP contribution in [0.4, 0.5) is 4.39 Å². The molecule has 1 aromatic carbocycles. The van der Waals surface area contributed by atoms with E-state index in [-0.39, 0.29) is 37.3 Å². The lowest BCUT2D eigenvalue weighted by atomic mass is 10.2. The lowest BCUT2D eigenvalue weighted by molar-refractivity contribution is -0.142. The molecule has 0 N–H and O–H groups in total. The average Bonchev–Trinajstić information content (AvgIpc) is 2.45. The number of hydrogen-bond donors (Lipinski definition) is 0. The van der Waals surface area contributed by atoms with Crippen LogP contribution in [-0.2, 0) is 25.6 Å². The molecule has 20 heavy (non-hydrogen) atoms. The molecule has 0 heterocycles. The zero-order valence-corrected chi connectivity index (χ0v) is 11.6. The lowest BCUT2D eigenvalue weighted by Gasteiger charge is -2.22. The molecule has 1 aromatic rings. The smallest absolute Gasteiger partial charge is 0.307 e. The van der Waals surface area contributed by atoms with Gasteiger partial charge in [-0.3, -0.25) is 9.59 Å². The molecule has 6 heteroatoms. The maximum Gasteiger partial charge on any atom is 0.307 e. The number of rotatable bonds is 7. The minimum atomic E-state index is -0.390. The van der Waals surface area contributed by atoms with Gasteiger partial charge in [-0.25, -0.2) is 4.39 Å². The Hall–Kier alpha value is -1.95. The van der Waals surface area contributed by atoms with Gasteiger partial charge in [0.1, 0.15) is 12.4 Å². The van der Waals surface area contributed by atoms with Gasteiger partial charge in [-0.15, -0.1) is 0 Å². The number of halogens is 1. The van der Waals surface area contributed by atoms with Crippen molar-refractivity contribution in [1.82, 2.24) is 4.90 Å². The number of nitrogens with zero attached hydrogens (tertiary/aromatic N) is 1. The summed E-state index contributed by atoms with van der Waals surface area (Å²) in [7, 11) is 2.72. The Morgan fingerprint density at radius 1 is 1.20 bits per heavy atom. The summed E-state index contributed by atoms with van der Waals surface area (Å²) in [6.45, 7) is 0.452. The molecule has 0 spiro atoms. The van der Waals surface area contributed by atoms with Crippen molar-refractivity contribution in [2.24, 2.45) is 0 Å². The molecule has 0 atom stereocenters. The van der Waals surface area contributed by atoms with E-state index < -0.39 is 0 Å². The van der Waals surface area contributed by atoms with Gasteiger partial charge in [-0.05, 0) is 17.7 Å². The minimum Gasteiger partial charge on any atom is -0.469 e. The van der Waals surface area contributed by atoms with E-state index in [1.165, 1.54) is 31.3 Å². The predicted molar refractivity (Wildman–Crippen MR) is 70.3 cm³/mol. The van der Waals surface area contributed by atoms with Crippen molar-refractivity contribution < 1.29 is 23.5 Å². The molecule has 0 aromatic heterocycles. The SMILES string of the molecule is COCC(=O)N(CCC(=O)OC)Cc1ccc(F)cc1. The Kier molecular flexibility index (Phi) is 6.66. The van der Waals surface area contributed by atoms with Crippen LogP contribution in [-0.4, -0.2) is 44.1 Å². The first kappa shape index (κ1) is 16.1. The third-order valence-corrected chi connectivity index (χ3v) is 2.72. The van der Waals surface area contributed by atoms with E-state index in [0.717, 1.165) is 5.56 Å². The topological polar surface area (TPSA) is 55.8 Å². The van der Waals surface area contributed by atoms with Crippen LogP contribution in [0.15, 0.2) is 24.3 Å². The number of methoxy groups -OCH3 is 2. The highest BCUT2D eigenvalue weighted by atomic mass is 19.1. The first-order valence-electron chi connectivity index (χ1n) is 6.14. The van der Waals surface area contributed by atoms with Gasteiger partial charge in [0.25, 0.3) is 0 Å². The number of carbonyl (C=O) groups excluding carboxylic acids is 2. The maximum absolute atomic E-state index is 12.8. The molecule has 0 bridgehead atoms. The molecule has 0 unspecified atom stereocenters. The number of esters is 1. The zero-order valence-electron chi connectivity index (χ0n) is 11.6. The van der Waals surface area contributed by atoms with E-state index in [0.29, 0.717) is 6.54 Å². The average molecular weight is 283 g/mol. The molecule has 0 aliphatic heterocycles. The fourth-order valence-electron chi connectivity index (χ4n) is 1.65. The van der Waals surface area contributed by atoms with Gasteiger partial charge in [0.05, 0.1) is 13.5 Å². The van der Waals surface area contributed by atoms with Crippen molar-refractivity contribution in [3.8, 4) is 0 Å². The lowest BCUT2D eigenvalue weighted by Crippen LogP contribution is -2.35. The highest BCUT2D eigenvalue weighted by molar-refractivity contribution is 5.78. The first-order chi connectivity index (χ1) is 9.56. The Morgan fingerprint density at radius 3 is 2.40 bits per heavy atom. The van der Waals surface area contributed by atoms with Crippen molar-refractivity contribution >= 4 is 11.9 Å². The van der Waals surface area contributed by atoms with Crippen LogP contribution in [0, 0.1) is 5.82 Å². The second kappa shape index (κ2) is 8.27. The number of ether oxygens (including phenoxy) is 2. The predicted octanol–water partition coefficient (Wildman–Crippen LogP) is 1.36. The summed E-state index contributed by atoms with van der Waals surface area (Å²) in [5, 5.41) is 0. The first-order valence-corrected chi connectivity index (χ1v) is 6.14. The third-order valence-electron chi connectivity index (χ3n) is 2.72. The van der Waals surface area contributed by atoms with Crippen LogP contribution < -0.4 is 0 Å². The highest BCUT2D eigenvalue weighted by Gasteiger charge is 2.15. The van der Waals surface area contributed by atoms with Crippen molar-refractivity contribution in [3.05, 3.63) is 35.6 Å². The van der Waals surface area contributed by atoms with E-state index in [1.807, 2.05) is 0 Å². The summed E-state index contributed by atoms with van der Waals surface area (Å²) >= 11 is 0. The van der Waals surface area contributed by atoms with Crippen molar-refractivity contribution in [3.63, 3.8) is 0 Å². The minimum absolute atomic E-state index is 0.0671. The summed E-state index contributed by atoms with van der Waals surface area (Å²) in [4.78, 5) is 24.5. The van der Waals surface area contributed by atoms with Gasteiger partial charge in [-0.1, -0.05) is 12.1 Å². The van der Waals surface area contributed by atoms with Gasteiger partial charge < -0.3 is 14.4 Å². The molecule has 5 nitrogen and oxygen atoms in total. The van der Waals surface area contributed by atoms with Crippen molar-refractivity contribution in [1.29, 1.82) is 0 Å². The van der Waals surface area contributed by atoms with Gasteiger partial charge >= 0.3 is 5.97 Å². The van der Waals surface area contributed by atoms with Crippen LogP contribution in [0.2, 0.25) is 0 Å². The van der Waals surface area contributed by atoms with Crippen LogP contribution in [0.25, 0.3) is 0 Å². The summed E-state index contributed by atoms with van der Waals surface area (Å²) < 4.78 is 22.2. The maximum atomic E-state index is 12.8.